The van der Waals surface area contributed by atoms with Crippen LogP contribution in [0.4, 0.5) is 5.13 Å². The normalized spacial score (nSPS) is 18.2. The highest BCUT2D eigenvalue weighted by Crippen LogP contribution is 2.43. The number of aryl methyl sites for hydroxylation is 1. The molecule has 4 aromatic rings. The third-order valence-corrected chi connectivity index (χ3v) is 6.86. The first-order valence-electron chi connectivity index (χ1n) is 10.9. The van der Waals surface area contributed by atoms with Crippen LogP contribution in [0.3, 0.4) is 0 Å². The quantitative estimate of drug-likeness (QED) is 0.257. The smallest absolute Gasteiger partial charge is 0.301 e. The molecular formula is C26H24N4O3S. The Morgan fingerprint density at radius 3 is 2.47 bits per heavy atom. The number of amides is 1. The lowest BCUT2D eigenvalue weighted by Gasteiger charge is -2.24. The van der Waals surface area contributed by atoms with Crippen molar-refractivity contribution in [1.82, 2.24) is 14.4 Å². The van der Waals surface area contributed by atoms with E-state index in [2.05, 4.69) is 30.7 Å². The van der Waals surface area contributed by atoms with Gasteiger partial charge in [-0.2, -0.15) is 0 Å². The van der Waals surface area contributed by atoms with Gasteiger partial charge >= 0.3 is 5.91 Å². The van der Waals surface area contributed by atoms with Gasteiger partial charge in [0.15, 0.2) is 10.9 Å². The van der Waals surface area contributed by atoms with E-state index in [1.54, 1.807) is 29.1 Å². The summed E-state index contributed by atoms with van der Waals surface area (Å²) in [4.78, 5) is 36.7. The van der Waals surface area contributed by atoms with Crippen LogP contribution < -0.4 is 4.90 Å². The van der Waals surface area contributed by atoms with Crippen LogP contribution in [0.25, 0.3) is 11.4 Å². The van der Waals surface area contributed by atoms with Crippen molar-refractivity contribution in [1.29, 1.82) is 0 Å². The second kappa shape index (κ2) is 7.92. The molecule has 0 bridgehead atoms. The van der Waals surface area contributed by atoms with Crippen LogP contribution in [0.5, 0.6) is 0 Å². The molecule has 4 heterocycles. The first-order valence-corrected chi connectivity index (χ1v) is 11.8. The maximum absolute atomic E-state index is 13.3. The van der Waals surface area contributed by atoms with Gasteiger partial charge < -0.3 is 5.11 Å². The Balaban J connectivity index is 1.75. The zero-order valence-electron chi connectivity index (χ0n) is 19.3. The van der Waals surface area contributed by atoms with E-state index in [1.165, 1.54) is 16.2 Å². The summed E-state index contributed by atoms with van der Waals surface area (Å²) in [6.07, 6.45) is 3.36. The third kappa shape index (κ3) is 3.42. The van der Waals surface area contributed by atoms with Crippen molar-refractivity contribution in [2.75, 3.05) is 4.90 Å². The van der Waals surface area contributed by atoms with E-state index in [9.17, 15) is 14.7 Å². The van der Waals surface area contributed by atoms with Crippen LogP contribution in [0, 0.1) is 6.92 Å². The molecule has 3 aromatic heterocycles. The number of thiazole rings is 1. The van der Waals surface area contributed by atoms with Gasteiger partial charge in [-0.25, -0.2) is 9.97 Å². The number of aliphatic hydroxyl groups is 1. The summed E-state index contributed by atoms with van der Waals surface area (Å²) in [7, 11) is 0. The molecule has 1 aromatic carbocycles. The first-order chi connectivity index (χ1) is 16.2. The topological polar surface area (TPSA) is 87.8 Å². The van der Waals surface area contributed by atoms with Crippen LogP contribution in [-0.4, -0.2) is 31.2 Å². The van der Waals surface area contributed by atoms with Crippen LogP contribution in [0.2, 0.25) is 0 Å². The molecule has 1 N–H and O–H groups in total. The first kappa shape index (κ1) is 22.0. The lowest BCUT2D eigenvalue weighted by Crippen LogP contribution is -2.29. The number of imidazole rings is 1. The van der Waals surface area contributed by atoms with Gasteiger partial charge in [-0.1, -0.05) is 51.1 Å². The maximum atomic E-state index is 13.3. The molecule has 0 aliphatic carbocycles. The van der Waals surface area contributed by atoms with Crippen molar-refractivity contribution in [3.05, 3.63) is 88.3 Å². The van der Waals surface area contributed by atoms with Gasteiger partial charge in [0.25, 0.3) is 5.78 Å². The molecule has 0 spiro atoms. The highest BCUT2D eigenvalue weighted by atomic mass is 32.1. The highest BCUT2D eigenvalue weighted by molar-refractivity contribution is 7.14. The van der Waals surface area contributed by atoms with E-state index in [-0.39, 0.29) is 16.7 Å². The van der Waals surface area contributed by atoms with Gasteiger partial charge in [0.2, 0.25) is 0 Å². The Kier molecular flexibility index (Phi) is 5.13. The fourth-order valence-electron chi connectivity index (χ4n) is 4.37. The average molecular weight is 473 g/mol. The number of aliphatic hydroxyl groups excluding tert-OH is 1. The Morgan fingerprint density at radius 2 is 1.82 bits per heavy atom. The zero-order chi connectivity index (χ0) is 24.2. The van der Waals surface area contributed by atoms with Crippen LogP contribution in [0.1, 0.15) is 49.3 Å². The second-order valence-electron chi connectivity index (χ2n) is 9.33. The number of ketones is 1. The van der Waals surface area contributed by atoms with Crippen LogP contribution >= 0.6 is 11.3 Å². The van der Waals surface area contributed by atoms with E-state index >= 15 is 0 Å². The number of carbonyl (C=O) groups excluding carboxylic acids is 2. The molecule has 7 nitrogen and oxygen atoms in total. The highest BCUT2D eigenvalue weighted by Gasteiger charge is 2.48. The number of benzene rings is 1. The monoisotopic (exact) mass is 472 g/mol. The van der Waals surface area contributed by atoms with Crippen LogP contribution in [-0.2, 0) is 15.0 Å². The number of aromatic nitrogens is 3. The molecule has 34 heavy (non-hydrogen) atoms. The van der Waals surface area contributed by atoms with Gasteiger partial charge in [0, 0.05) is 17.8 Å². The Hall–Kier alpha value is -3.78. The predicted octanol–water partition coefficient (Wildman–Crippen LogP) is 5.02. The predicted molar refractivity (Wildman–Crippen MR) is 132 cm³/mol. The summed E-state index contributed by atoms with van der Waals surface area (Å²) < 4.78 is 1.72. The number of rotatable bonds is 3. The SMILES string of the molecule is Cc1nc2ccccn2c1C(O)=C1C(=O)C(=O)N(c2nccs2)C1c1ccc(C(C)(C)C)cc1. The van der Waals surface area contributed by atoms with E-state index in [0.29, 0.717) is 22.2 Å². The van der Waals surface area contributed by atoms with E-state index in [4.69, 9.17) is 0 Å². The number of carbonyl (C=O) groups is 2. The lowest BCUT2D eigenvalue weighted by atomic mass is 9.85. The standard InChI is InChI=1S/C26H24N4O3S/c1-15-20(29-13-6-5-7-18(29)28-15)22(31)19-21(16-8-10-17(11-9-16)26(2,3)4)30(24(33)23(19)32)25-27-12-14-34-25/h5-14,21,31H,1-4H3. The summed E-state index contributed by atoms with van der Waals surface area (Å²) in [5.41, 5.74) is 3.41. The van der Waals surface area contributed by atoms with E-state index in [0.717, 1.165) is 11.1 Å². The largest absolute Gasteiger partial charge is 0.505 e. The van der Waals surface area contributed by atoms with Gasteiger partial charge in [-0.3, -0.25) is 18.9 Å². The molecule has 5 rings (SSSR count). The van der Waals surface area contributed by atoms with Crippen molar-refractivity contribution in [3.8, 4) is 0 Å². The molecular weight excluding hydrogens is 448 g/mol. The number of hydrogen-bond donors (Lipinski definition) is 1. The van der Waals surface area contributed by atoms with Crippen molar-refractivity contribution in [2.24, 2.45) is 0 Å². The van der Waals surface area contributed by atoms with Crippen molar-refractivity contribution < 1.29 is 14.7 Å². The minimum atomic E-state index is -0.811. The number of fused-ring (bicyclic) bond motifs is 1. The minimum Gasteiger partial charge on any atom is -0.505 e. The number of nitrogens with zero attached hydrogens (tertiary/aromatic N) is 4. The number of pyridine rings is 1. The van der Waals surface area contributed by atoms with Gasteiger partial charge in [-0.05, 0) is 35.6 Å². The summed E-state index contributed by atoms with van der Waals surface area (Å²) in [5.74, 6) is -1.71. The minimum absolute atomic E-state index is 0.0254. The second-order valence-corrected chi connectivity index (χ2v) is 10.2. The molecule has 0 radical (unpaired) electrons. The lowest BCUT2D eigenvalue weighted by molar-refractivity contribution is -0.132. The Labute approximate surface area is 201 Å². The summed E-state index contributed by atoms with van der Waals surface area (Å²) in [6.45, 7) is 8.14. The van der Waals surface area contributed by atoms with Crippen molar-refractivity contribution in [3.63, 3.8) is 0 Å². The summed E-state index contributed by atoms with van der Waals surface area (Å²) in [5, 5.41) is 13.7. The van der Waals surface area contributed by atoms with Crippen LogP contribution in [0.15, 0.2) is 65.8 Å². The summed E-state index contributed by atoms with van der Waals surface area (Å²) >= 11 is 1.27. The number of hydrogen-bond acceptors (Lipinski definition) is 6. The molecule has 1 fully saturated rings. The van der Waals surface area contributed by atoms with Crippen molar-refractivity contribution >= 4 is 39.6 Å². The van der Waals surface area contributed by atoms with Crippen molar-refractivity contribution in [2.45, 2.75) is 39.2 Å². The maximum Gasteiger partial charge on any atom is 0.301 e. The molecule has 1 saturated heterocycles. The van der Waals surface area contributed by atoms with E-state index in [1.807, 2.05) is 42.5 Å². The number of anilines is 1. The average Bonchev–Trinajstić information content (AvgIpc) is 3.50. The number of Topliss-reactive ketones (excluding diaryl/α,β-unsaturated/α-hetero) is 1. The Morgan fingerprint density at radius 1 is 1.09 bits per heavy atom. The van der Waals surface area contributed by atoms with Gasteiger partial charge in [0.05, 0.1) is 17.3 Å². The van der Waals surface area contributed by atoms with Gasteiger partial charge in [-0.15, -0.1) is 11.3 Å². The zero-order valence-corrected chi connectivity index (χ0v) is 20.1. The van der Waals surface area contributed by atoms with E-state index < -0.39 is 17.7 Å². The molecule has 1 atom stereocenters. The Bertz CT molecular complexity index is 1440. The molecule has 1 amide bonds. The molecule has 1 aliphatic heterocycles. The summed E-state index contributed by atoms with van der Waals surface area (Å²) in [6, 6.07) is 12.5. The van der Waals surface area contributed by atoms with Gasteiger partial charge in [0.1, 0.15) is 11.3 Å². The molecule has 1 aliphatic rings. The molecule has 172 valence electrons. The molecule has 8 heteroatoms. The molecule has 0 saturated carbocycles. The fraction of sp³-hybridized carbons (Fsp3) is 0.231. The fourth-order valence-corrected chi connectivity index (χ4v) is 5.04. The molecule has 1 unspecified atom stereocenters. The third-order valence-electron chi connectivity index (χ3n) is 6.09.